The van der Waals surface area contributed by atoms with Crippen LogP contribution in [0.15, 0.2) is 24.3 Å². The second-order valence-corrected chi connectivity index (χ2v) is 5.56. The predicted molar refractivity (Wildman–Crippen MR) is 65.7 cm³/mol. The van der Waals surface area contributed by atoms with Crippen LogP contribution in [0.2, 0.25) is 0 Å². The SMILES string of the molecule is O=CC(c1cccc(C(F)(F)F)c1)C1CCSC1. The molecule has 1 fully saturated rings. The van der Waals surface area contributed by atoms with Crippen molar-refractivity contribution in [3.05, 3.63) is 35.4 Å². The molecule has 1 aromatic carbocycles. The minimum Gasteiger partial charge on any atom is -0.303 e. The lowest BCUT2D eigenvalue weighted by Gasteiger charge is -2.18. The molecular formula is C13H13F3OS. The van der Waals surface area contributed by atoms with Crippen LogP contribution in [0.3, 0.4) is 0 Å². The molecule has 1 aromatic rings. The van der Waals surface area contributed by atoms with E-state index < -0.39 is 17.7 Å². The Balaban J connectivity index is 2.28. The van der Waals surface area contributed by atoms with E-state index in [-0.39, 0.29) is 5.92 Å². The van der Waals surface area contributed by atoms with E-state index in [0.717, 1.165) is 36.3 Å². The maximum Gasteiger partial charge on any atom is 0.416 e. The zero-order valence-electron chi connectivity index (χ0n) is 9.61. The van der Waals surface area contributed by atoms with Gasteiger partial charge in [-0.3, -0.25) is 0 Å². The summed E-state index contributed by atoms with van der Waals surface area (Å²) in [6, 6.07) is 5.12. The number of carbonyl (C=O) groups excluding carboxylic acids is 1. The third-order valence-electron chi connectivity index (χ3n) is 3.22. The van der Waals surface area contributed by atoms with Crippen molar-refractivity contribution in [2.45, 2.75) is 18.5 Å². The van der Waals surface area contributed by atoms with Gasteiger partial charge in [-0.2, -0.15) is 24.9 Å². The number of aldehydes is 1. The first-order chi connectivity index (χ1) is 8.52. The van der Waals surface area contributed by atoms with Gasteiger partial charge in [0.1, 0.15) is 6.29 Å². The summed E-state index contributed by atoms with van der Waals surface area (Å²) in [6.07, 6.45) is -2.68. The second-order valence-electron chi connectivity index (χ2n) is 4.41. The largest absolute Gasteiger partial charge is 0.416 e. The molecule has 5 heteroatoms. The lowest BCUT2D eigenvalue weighted by atomic mass is 9.86. The van der Waals surface area contributed by atoms with E-state index in [1.807, 2.05) is 0 Å². The van der Waals surface area contributed by atoms with E-state index >= 15 is 0 Å². The van der Waals surface area contributed by atoms with Crippen LogP contribution in [0.5, 0.6) is 0 Å². The Kier molecular flexibility index (Phi) is 4.00. The number of rotatable bonds is 3. The van der Waals surface area contributed by atoms with Gasteiger partial charge in [-0.05, 0) is 35.5 Å². The molecule has 0 spiro atoms. The van der Waals surface area contributed by atoms with Crippen LogP contribution in [-0.2, 0) is 11.0 Å². The molecule has 2 unspecified atom stereocenters. The van der Waals surface area contributed by atoms with Gasteiger partial charge in [-0.15, -0.1) is 0 Å². The van der Waals surface area contributed by atoms with Crippen LogP contribution in [0.25, 0.3) is 0 Å². The normalized spacial score (nSPS) is 21.8. The van der Waals surface area contributed by atoms with Crippen molar-refractivity contribution in [2.24, 2.45) is 5.92 Å². The van der Waals surface area contributed by atoms with E-state index in [9.17, 15) is 18.0 Å². The van der Waals surface area contributed by atoms with Crippen molar-refractivity contribution >= 4 is 18.0 Å². The highest BCUT2D eigenvalue weighted by molar-refractivity contribution is 7.99. The van der Waals surface area contributed by atoms with E-state index in [4.69, 9.17) is 0 Å². The van der Waals surface area contributed by atoms with Crippen molar-refractivity contribution in [3.8, 4) is 0 Å². The van der Waals surface area contributed by atoms with Gasteiger partial charge in [0.15, 0.2) is 0 Å². The number of hydrogen-bond acceptors (Lipinski definition) is 2. The monoisotopic (exact) mass is 274 g/mol. The van der Waals surface area contributed by atoms with Crippen molar-refractivity contribution < 1.29 is 18.0 Å². The number of thioether (sulfide) groups is 1. The average Bonchev–Trinajstić information content (AvgIpc) is 2.83. The molecule has 0 radical (unpaired) electrons. The van der Waals surface area contributed by atoms with Crippen LogP contribution in [0.1, 0.15) is 23.5 Å². The van der Waals surface area contributed by atoms with Gasteiger partial charge >= 0.3 is 6.18 Å². The molecule has 1 heterocycles. The van der Waals surface area contributed by atoms with Gasteiger partial charge in [0, 0.05) is 5.92 Å². The quantitative estimate of drug-likeness (QED) is 0.781. The Labute approximate surface area is 108 Å². The van der Waals surface area contributed by atoms with Crippen LogP contribution >= 0.6 is 11.8 Å². The molecule has 18 heavy (non-hydrogen) atoms. The third-order valence-corrected chi connectivity index (χ3v) is 4.41. The van der Waals surface area contributed by atoms with Gasteiger partial charge in [0.2, 0.25) is 0 Å². The molecule has 1 aliphatic rings. The van der Waals surface area contributed by atoms with Crippen molar-refractivity contribution in [1.82, 2.24) is 0 Å². The summed E-state index contributed by atoms with van der Waals surface area (Å²) in [5, 5.41) is 0. The predicted octanol–water partition coefficient (Wildman–Crippen LogP) is 3.74. The van der Waals surface area contributed by atoms with Gasteiger partial charge < -0.3 is 4.79 Å². The topological polar surface area (TPSA) is 17.1 Å². The lowest BCUT2D eigenvalue weighted by molar-refractivity contribution is -0.137. The van der Waals surface area contributed by atoms with E-state index in [1.165, 1.54) is 6.07 Å². The zero-order valence-corrected chi connectivity index (χ0v) is 10.4. The van der Waals surface area contributed by atoms with Gasteiger partial charge in [-0.1, -0.05) is 18.2 Å². The summed E-state index contributed by atoms with van der Waals surface area (Å²) in [4.78, 5) is 11.2. The number of alkyl halides is 3. The molecule has 2 atom stereocenters. The minimum atomic E-state index is -4.35. The Bertz CT molecular complexity index is 424. The first kappa shape index (κ1) is 13.5. The number of carbonyl (C=O) groups is 1. The van der Waals surface area contributed by atoms with Gasteiger partial charge in [-0.25, -0.2) is 0 Å². The van der Waals surface area contributed by atoms with E-state index in [1.54, 1.807) is 17.8 Å². The molecule has 0 saturated carbocycles. The Morgan fingerprint density at radius 1 is 1.39 bits per heavy atom. The first-order valence-electron chi connectivity index (χ1n) is 5.72. The number of hydrogen-bond donors (Lipinski definition) is 0. The highest BCUT2D eigenvalue weighted by atomic mass is 32.2. The van der Waals surface area contributed by atoms with Crippen molar-refractivity contribution in [2.75, 3.05) is 11.5 Å². The number of halogens is 3. The fraction of sp³-hybridized carbons (Fsp3) is 0.462. The minimum absolute atomic E-state index is 0.163. The van der Waals surface area contributed by atoms with Crippen LogP contribution in [0, 0.1) is 5.92 Å². The van der Waals surface area contributed by atoms with Crippen LogP contribution < -0.4 is 0 Å². The van der Waals surface area contributed by atoms with Gasteiger partial charge in [0.05, 0.1) is 5.56 Å². The first-order valence-corrected chi connectivity index (χ1v) is 6.88. The average molecular weight is 274 g/mol. The zero-order chi connectivity index (χ0) is 13.2. The summed E-state index contributed by atoms with van der Waals surface area (Å²) in [7, 11) is 0. The molecule has 0 aliphatic carbocycles. The molecule has 1 aliphatic heterocycles. The van der Waals surface area contributed by atoms with E-state index in [0.29, 0.717) is 5.56 Å². The molecule has 0 aromatic heterocycles. The molecule has 98 valence electrons. The molecule has 0 bridgehead atoms. The maximum atomic E-state index is 12.6. The van der Waals surface area contributed by atoms with Crippen LogP contribution in [0.4, 0.5) is 13.2 Å². The highest BCUT2D eigenvalue weighted by Crippen LogP contribution is 2.37. The Morgan fingerprint density at radius 2 is 2.17 bits per heavy atom. The molecule has 0 N–H and O–H groups in total. The molecule has 1 saturated heterocycles. The third kappa shape index (κ3) is 2.88. The standard InChI is InChI=1S/C13H13F3OS/c14-13(15,16)11-3-1-2-9(6-11)12(7-17)10-4-5-18-8-10/h1-3,6-7,10,12H,4-5,8H2. The fourth-order valence-electron chi connectivity index (χ4n) is 2.22. The van der Waals surface area contributed by atoms with Gasteiger partial charge in [0.25, 0.3) is 0 Å². The summed E-state index contributed by atoms with van der Waals surface area (Å²) in [5.41, 5.74) is -0.204. The maximum absolute atomic E-state index is 12.6. The summed E-state index contributed by atoms with van der Waals surface area (Å²) >= 11 is 1.75. The molecule has 2 rings (SSSR count). The number of benzene rings is 1. The molecule has 0 amide bonds. The molecular weight excluding hydrogens is 261 g/mol. The Morgan fingerprint density at radius 3 is 2.72 bits per heavy atom. The molecule has 1 nitrogen and oxygen atoms in total. The van der Waals surface area contributed by atoms with Crippen LogP contribution in [-0.4, -0.2) is 17.8 Å². The summed E-state index contributed by atoms with van der Waals surface area (Å²) in [6.45, 7) is 0. The smallest absolute Gasteiger partial charge is 0.303 e. The Hall–Kier alpha value is -0.970. The second kappa shape index (κ2) is 5.34. The summed E-state index contributed by atoms with van der Waals surface area (Å²) in [5.74, 6) is 1.58. The fourth-order valence-corrected chi connectivity index (χ4v) is 3.53. The van der Waals surface area contributed by atoms with Crippen molar-refractivity contribution in [3.63, 3.8) is 0 Å². The van der Waals surface area contributed by atoms with E-state index in [2.05, 4.69) is 0 Å². The summed E-state index contributed by atoms with van der Waals surface area (Å²) < 4.78 is 37.9. The van der Waals surface area contributed by atoms with Crippen molar-refractivity contribution in [1.29, 1.82) is 0 Å². The highest BCUT2D eigenvalue weighted by Gasteiger charge is 2.32. The lowest BCUT2D eigenvalue weighted by Crippen LogP contribution is -2.15.